The molecule has 0 bridgehead atoms. The van der Waals surface area contributed by atoms with E-state index in [9.17, 15) is 4.21 Å². The molecule has 7 nitrogen and oxygen atoms in total. The number of fused-ring (bicyclic) bond motifs is 1. The third-order valence-electron chi connectivity index (χ3n) is 5.96. The van der Waals surface area contributed by atoms with Crippen LogP contribution in [0.15, 0.2) is 28.8 Å². The summed E-state index contributed by atoms with van der Waals surface area (Å²) in [5.74, 6) is 3.27. The Morgan fingerprint density at radius 2 is 2.10 bits per heavy atom. The second kappa shape index (κ2) is 8.07. The van der Waals surface area contributed by atoms with Crippen LogP contribution < -0.4 is 4.90 Å². The molecule has 5 rings (SSSR count). The quantitative estimate of drug-likeness (QED) is 0.747. The van der Waals surface area contributed by atoms with Gasteiger partial charge < -0.3 is 9.64 Å². The minimum absolute atomic E-state index is 0.209. The Bertz CT molecular complexity index is 1090. The van der Waals surface area contributed by atoms with Gasteiger partial charge in [0, 0.05) is 47.9 Å². The number of nitrogens with zero attached hydrogens (tertiary/aromatic N) is 5. The Hall–Kier alpha value is -2.32. The van der Waals surface area contributed by atoms with Crippen LogP contribution >= 0.6 is 0 Å². The molecule has 2 aromatic rings. The van der Waals surface area contributed by atoms with Crippen LogP contribution in [0.4, 0.5) is 11.6 Å². The normalized spacial score (nSPS) is 22.7. The predicted octanol–water partition coefficient (Wildman–Crippen LogP) is 3.62. The van der Waals surface area contributed by atoms with E-state index in [1.807, 2.05) is 18.3 Å². The number of hydrogen-bond acceptors (Lipinski definition) is 7. The second-order valence-corrected chi connectivity index (χ2v) is 10.7. The topological polar surface area (TPSA) is 80.6 Å². The molecule has 3 aliphatic rings. The molecule has 0 amide bonds. The lowest BCUT2D eigenvalue weighted by atomic mass is 10.1. The minimum atomic E-state index is -2.25. The molecule has 0 spiro atoms. The highest BCUT2D eigenvalue weighted by Gasteiger charge is 2.24. The monoisotopic (exact) mass is 425 g/mol. The van der Waals surface area contributed by atoms with Crippen molar-refractivity contribution < 1.29 is 8.95 Å². The van der Waals surface area contributed by atoms with Crippen LogP contribution in [0, 0.1) is 0 Å². The summed E-state index contributed by atoms with van der Waals surface area (Å²) < 4.78 is 23.6. The minimum Gasteiger partial charge on any atom is -0.377 e. The maximum absolute atomic E-state index is 13.3. The Morgan fingerprint density at radius 1 is 1.23 bits per heavy atom. The summed E-state index contributed by atoms with van der Waals surface area (Å²) in [6, 6.07) is 4.06. The van der Waals surface area contributed by atoms with Crippen LogP contribution in [-0.4, -0.2) is 56.5 Å². The summed E-state index contributed by atoms with van der Waals surface area (Å²) in [6.07, 6.45) is 9.91. The molecule has 158 valence electrons. The van der Waals surface area contributed by atoms with Crippen LogP contribution in [0.5, 0.6) is 0 Å². The van der Waals surface area contributed by atoms with Crippen molar-refractivity contribution in [2.45, 2.75) is 38.6 Å². The Balaban J connectivity index is 1.64. The van der Waals surface area contributed by atoms with Crippen molar-refractivity contribution in [3.63, 3.8) is 0 Å². The van der Waals surface area contributed by atoms with E-state index in [1.54, 1.807) is 0 Å². The molecule has 0 aromatic carbocycles. The van der Waals surface area contributed by atoms with Crippen molar-refractivity contribution in [3.8, 4) is 11.4 Å². The molecule has 0 N–H and O–H groups in total. The van der Waals surface area contributed by atoms with Crippen LogP contribution in [-0.2, 0) is 20.9 Å². The molecular weight excluding hydrogens is 398 g/mol. The van der Waals surface area contributed by atoms with Gasteiger partial charge in [-0.1, -0.05) is 18.6 Å². The largest absolute Gasteiger partial charge is 0.377 e. The zero-order valence-electron chi connectivity index (χ0n) is 17.3. The highest BCUT2D eigenvalue weighted by molar-refractivity contribution is 7.93. The van der Waals surface area contributed by atoms with Gasteiger partial charge in [-0.25, -0.2) is 14.2 Å². The molecule has 0 saturated carbocycles. The SMILES string of the molecule is C[C@@H]1COCCN1c1cc(N=S2(=O)CCCCC2)nc(-c2ccnc3c2C=CC3)n1. The number of ether oxygens (including phenoxy) is 1. The number of aromatic nitrogens is 3. The summed E-state index contributed by atoms with van der Waals surface area (Å²) >= 11 is 0. The first-order valence-corrected chi connectivity index (χ1v) is 12.6. The molecule has 2 aliphatic heterocycles. The molecule has 2 saturated heterocycles. The van der Waals surface area contributed by atoms with Crippen LogP contribution in [0.3, 0.4) is 0 Å². The number of allylic oxidation sites excluding steroid dienone is 1. The van der Waals surface area contributed by atoms with E-state index < -0.39 is 9.73 Å². The van der Waals surface area contributed by atoms with Gasteiger partial charge in [-0.15, -0.1) is 0 Å². The summed E-state index contributed by atoms with van der Waals surface area (Å²) in [5, 5.41) is 0. The summed E-state index contributed by atoms with van der Waals surface area (Å²) in [6.45, 7) is 4.23. The van der Waals surface area contributed by atoms with Crippen molar-refractivity contribution >= 4 is 27.4 Å². The summed E-state index contributed by atoms with van der Waals surface area (Å²) in [7, 11) is -2.25. The van der Waals surface area contributed by atoms with Crippen LogP contribution in [0.25, 0.3) is 17.5 Å². The number of hydrogen-bond donors (Lipinski definition) is 0. The molecule has 2 aromatic heterocycles. The number of pyridine rings is 1. The van der Waals surface area contributed by atoms with E-state index in [0.29, 0.717) is 36.4 Å². The zero-order chi connectivity index (χ0) is 20.6. The van der Waals surface area contributed by atoms with Crippen LogP contribution in [0.2, 0.25) is 0 Å². The number of morpholine rings is 1. The molecule has 30 heavy (non-hydrogen) atoms. The number of rotatable bonds is 3. The van der Waals surface area contributed by atoms with Gasteiger partial charge in [0.15, 0.2) is 11.6 Å². The maximum atomic E-state index is 13.3. The van der Waals surface area contributed by atoms with Gasteiger partial charge in [0.25, 0.3) is 0 Å². The van der Waals surface area contributed by atoms with E-state index in [4.69, 9.17) is 19.1 Å². The Labute approximate surface area is 177 Å². The van der Waals surface area contributed by atoms with Crippen molar-refractivity contribution in [3.05, 3.63) is 35.7 Å². The molecule has 2 fully saturated rings. The standard InChI is InChI=1S/C22H27N5O2S/c1-16-15-29-11-10-27(16)21-14-20(26-30(28)12-3-2-4-13-30)24-22(25-21)18-8-9-23-19-7-5-6-17(18)19/h5-6,8-9,14,16H,2-4,7,10-13,15H2,1H3/t16-/m1/s1. The molecule has 8 heteroatoms. The fraction of sp³-hybridized carbons (Fsp3) is 0.500. The van der Waals surface area contributed by atoms with Gasteiger partial charge in [-0.2, -0.15) is 4.36 Å². The summed E-state index contributed by atoms with van der Waals surface area (Å²) in [4.78, 5) is 16.4. The molecule has 4 heterocycles. The first-order chi connectivity index (χ1) is 14.6. The Morgan fingerprint density at radius 3 is 2.93 bits per heavy atom. The molecule has 0 unspecified atom stereocenters. The molecule has 0 radical (unpaired) electrons. The average molecular weight is 426 g/mol. The van der Waals surface area contributed by atoms with Crippen molar-refractivity contribution in [2.75, 3.05) is 36.2 Å². The zero-order valence-corrected chi connectivity index (χ0v) is 18.1. The highest BCUT2D eigenvalue weighted by Crippen LogP contribution is 2.32. The average Bonchev–Trinajstić information content (AvgIpc) is 3.23. The van der Waals surface area contributed by atoms with Crippen molar-refractivity contribution in [1.29, 1.82) is 0 Å². The lowest BCUT2D eigenvalue weighted by molar-refractivity contribution is 0.0985. The van der Waals surface area contributed by atoms with Gasteiger partial charge in [0.1, 0.15) is 5.82 Å². The number of anilines is 1. The molecule has 1 aliphatic carbocycles. The van der Waals surface area contributed by atoms with Gasteiger partial charge >= 0.3 is 0 Å². The van der Waals surface area contributed by atoms with E-state index >= 15 is 0 Å². The fourth-order valence-electron chi connectivity index (χ4n) is 4.35. The molecular formula is C22H27N5O2S. The van der Waals surface area contributed by atoms with Crippen molar-refractivity contribution in [1.82, 2.24) is 15.0 Å². The Kier molecular flexibility index (Phi) is 5.28. The lowest BCUT2D eigenvalue weighted by Gasteiger charge is -2.34. The van der Waals surface area contributed by atoms with E-state index in [2.05, 4.69) is 29.0 Å². The summed E-state index contributed by atoms with van der Waals surface area (Å²) in [5.41, 5.74) is 3.06. The maximum Gasteiger partial charge on any atom is 0.167 e. The molecule has 1 atom stereocenters. The third-order valence-corrected chi connectivity index (χ3v) is 8.33. The van der Waals surface area contributed by atoms with Crippen LogP contribution in [0.1, 0.15) is 37.4 Å². The van der Waals surface area contributed by atoms with Gasteiger partial charge in [0.2, 0.25) is 0 Å². The predicted molar refractivity (Wildman–Crippen MR) is 119 cm³/mol. The highest BCUT2D eigenvalue weighted by atomic mass is 32.2. The van der Waals surface area contributed by atoms with E-state index in [-0.39, 0.29) is 6.04 Å². The van der Waals surface area contributed by atoms with Gasteiger partial charge in [0.05, 0.1) is 34.7 Å². The first-order valence-electron chi connectivity index (χ1n) is 10.7. The van der Waals surface area contributed by atoms with Gasteiger partial charge in [-0.05, 0) is 25.8 Å². The lowest BCUT2D eigenvalue weighted by Crippen LogP contribution is -2.44. The van der Waals surface area contributed by atoms with E-state index in [1.165, 1.54) is 0 Å². The second-order valence-electron chi connectivity index (χ2n) is 8.18. The third kappa shape index (κ3) is 3.86. The fourth-order valence-corrected chi connectivity index (χ4v) is 6.48. The smallest absolute Gasteiger partial charge is 0.167 e. The van der Waals surface area contributed by atoms with Crippen molar-refractivity contribution in [2.24, 2.45) is 4.36 Å². The first kappa shape index (κ1) is 19.6. The van der Waals surface area contributed by atoms with E-state index in [0.717, 1.165) is 54.9 Å². The van der Waals surface area contributed by atoms with Gasteiger partial charge in [-0.3, -0.25) is 4.98 Å².